The zero-order valence-electron chi connectivity index (χ0n) is 37.6. The van der Waals surface area contributed by atoms with E-state index >= 15 is 4.79 Å². The molecule has 62 heavy (non-hydrogen) atoms. The Bertz CT molecular complexity index is 2260. The van der Waals surface area contributed by atoms with Gasteiger partial charge in [0, 0.05) is 54.7 Å². The van der Waals surface area contributed by atoms with Gasteiger partial charge in [0.2, 0.25) is 11.8 Å². The first-order chi connectivity index (χ1) is 29.2. The van der Waals surface area contributed by atoms with Crippen LogP contribution in [-0.4, -0.2) is 90.7 Å². The lowest BCUT2D eigenvalue weighted by Crippen LogP contribution is -2.51. The van der Waals surface area contributed by atoms with Gasteiger partial charge < -0.3 is 19.9 Å². The molecule has 6 fully saturated rings. The Hall–Kier alpha value is -4.04. The number of aromatic amines is 1. The van der Waals surface area contributed by atoms with E-state index in [1.807, 2.05) is 39.0 Å². The molecule has 2 saturated heterocycles. The number of Topliss-reactive ketones (excluding diaryl/α,β-unsaturated/α-hetero) is 2. The zero-order chi connectivity index (χ0) is 44.6. The normalized spacial score (nSPS) is 28.9. The van der Waals surface area contributed by atoms with Crippen molar-refractivity contribution < 1.29 is 37.1 Å². The molecule has 4 aliphatic carbocycles. The number of ketones is 2. The summed E-state index contributed by atoms with van der Waals surface area (Å²) >= 11 is 0. The average molecular weight is 874 g/mol. The molecule has 3 heterocycles. The van der Waals surface area contributed by atoms with Crippen LogP contribution >= 0.6 is 0 Å². The van der Waals surface area contributed by atoms with Gasteiger partial charge in [0.1, 0.15) is 11.4 Å². The molecule has 3 amide bonds. The van der Waals surface area contributed by atoms with E-state index in [2.05, 4.69) is 35.4 Å². The van der Waals surface area contributed by atoms with Gasteiger partial charge in [-0.2, -0.15) is 12.7 Å². The summed E-state index contributed by atoms with van der Waals surface area (Å²) in [5.74, 6) is -2.39. The molecule has 6 atom stereocenters. The fourth-order valence-corrected chi connectivity index (χ4v) is 14.1. The summed E-state index contributed by atoms with van der Waals surface area (Å²) in [6.45, 7) is 15.3. The molecule has 0 radical (unpaired) electrons. The summed E-state index contributed by atoms with van der Waals surface area (Å²) in [4.78, 5) is 78.0. The number of methoxy groups -OCH3 is 1. The number of nitrogens with one attached hydrogen (secondary N) is 3. The number of amides is 3. The van der Waals surface area contributed by atoms with Crippen LogP contribution in [0.3, 0.4) is 0 Å². The SMILES string of the molecule is C=C[C@@H]1C[C@]1(CC(=O)[C@@H]1C[C@@]2(CN1C(=O)[C@@H](CC(=O)[C@@H](NC(=O)c1cc3cc(OC)ccc3[nH]1)C1CCCCC1)C(C)(C)C)C(C)(C)C21CCC1)C(=O)NS(=O)(=O)N1CCCC1. The number of fused-ring (bicyclic) bond motifs is 2. The molecule has 1 aromatic carbocycles. The van der Waals surface area contributed by atoms with Crippen molar-refractivity contribution in [2.24, 2.45) is 44.8 Å². The highest BCUT2D eigenvalue weighted by Crippen LogP contribution is 2.88. The highest BCUT2D eigenvalue weighted by Gasteiger charge is 2.85. The molecule has 8 rings (SSSR count). The second kappa shape index (κ2) is 15.9. The molecule has 6 aliphatic rings. The predicted octanol–water partition coefficient (Wildman–Crippen LogP) is 6.88. The number of aromatic nitrogens is 1. The number of ether oxygens (including phenoxy) is 1. The van der Waals surface area contributed by atoms with Crippen LogP contribution in [0.15, 0.2) is 36.9 Å². The first kappa shape index (κ1) is 44.6. The van der Waals surface area contributed by atoms with Crippen LogP contribution in [0.5, 0.6) is 5.75 Å². The molecule has 2 aromatic rings. The van der Waals surface area contributed by atoms with E-state index in [9.17, 15) is 27.6 Å². The first-order valence-corrected chi connectivity index (χ1v) is 24.5. The van der Waals surface area contributed by atoms with E-state index in [0.29, 0.717) is 43.9 Å². The average Bonchev–Trinajstić information content (AvgIpc) is 3.61. The molecule has 2 aliphatic heterocycles. The zero-order valence-corrected chi connectivity index (χ0v) is 38.4. The molecule has 4 saturated carbocycles. The molecular formula is C48H67N5O8S. The van der Waals surface area contributed by atoms with Gasteiger partial charge in [-0.3, -0.25) is 24.0 Å². The summed E-state index contributed by atoms with van der Waals surface area (Å²) < 4.78 is 35.4. The Morgan fingerprint density at radius 1 is 0.968 bits per heavy atom. The Balaban J connectivity index is 1.06. The summed E-state index contributed by atoms with van der Waals surface area (Å²) in [5.41, 5.74) is -1.26. The van der Waals surface area contributed by atoms with Crippen LogP contribution in [0, 0.1) is 44.8 Å². The van der Waals surface area contributed by atoms with Crippen LogP contribution in [0.1, 0.15) is 135 Å². The number of allylic oxidation sites excluding steroid dienone is 1. The van der Waals surface area contributed by atoms with Crippen LogP contribution in [-0.2, 0) is 29.4 Å². The molecule has 0 bridgehead atoms. The van der Waals surface area contributed by atoms with Crippen molar-refractivity contribution in [3.8, 4) is 5.75 Å². The number of likely N-dealkylation sites (tertiary alicyclic amines) is 1. The van der Waals surface area contributed by atoms with Crippen molar-refractivity contribution in [1.82, 2.24) is 24.2 Å². The van der Waals surface area contributed by atoms with E-state index in [1.165, 1.54) is 4.31 Å². The van der Waals surface area contributed by atoms with Gasteiger partial charge in [-0.25, -0.2) is 4.72 Å². The smallest absolute Gasteiger partial charge is 0.303 e. The van der Waals surface area contributed by atoms with Gasteiger partial charge in [-0.05, 0) is 104 Å². The minimum absolute atomic E-state index is 0.00676. The molecule has 2 spiro atoms. The van der Waals surface area contributed by atoms with Crippen molar-refractivity contribution in [3.05, 3.63) is 42.6 Å². The minimum atomic E-state index is -4.08. The van der Waals surface area contributed by atoms with Gasteiger partial charge in [0.25, 0.3) is 5.91 Å². The fraction of sp³-hybridized carbons (Fsp3) is 0.688. The van der Waals surface area contributed by atoms with Crippen LogP contribution in [0.4, 0.5) is 0 Å². The summed E-state index contributed by atoms with van der Waals surface area (Å²) in [5, 5.41) is 3.92. The van der Waals surface area contributed by atoms with E-state index in [4.69, 9.17) is 4.74 Å². The summed E-state index contributed by atoms with van der Waals surface area (Å²) in [7, 11) is -2.49. The van der Waals surface area contributed by atoms with E-state index in [0.717, 1.165) is 75.1 Å². The molecule has 13 nitrogen and oxygen atoms in total. The van der Waals surface area contributed by atoms with Crippen molar-refractivity contribution >= 4 is 50.4 Å². The predicted molar refractivity (Wildman–Crippen MR) is 236 cm³/mol. The first-order valence-electron chi connectivity index (χ1n) is 23.0. The maximum atomic E-state index is 15.4. The largest absolute Gasteiger partial charge is 0.497 e. The third kappa shape index (κ3) is 7.32. The second-order valence-electron chi connectivity index (χ2n) is 21.3. The quantitative estimate of drug-likeness (QED) is 0.162. The highest BCUT2D eigenvalue weighted by atomic mass is 32.2. The van der Waals surface area contributed by atoms with Crippen LogP contribution in [0.25, 0.3) is 10.9 Å². The third-order valence-electron chi connectivity index (χ3n) is 17.0. The maximum Gasteiger partial charge on any atom is 0.303 e. The number of nitrogens with zero attached hydrogens (tertiary/aromatic N) is 2. The monoisotopic (exact) mass is 873 g/mol. The minimum Gasteiger partial charge on any atom is -0.497 e. The standard InChI is InChI=1S/C48H67N5O8S/c1-8-32-26-46(32,43(58)51-62(59,60)52-21-12-13-22-52)28-39(55)37-27-48(45(5,6)47(48)19-14-20-47)29-53(37)42(57)34(44(2,3)4)25-38(54)40(30-15-10-9-11-16-30)50-41(56)36-24-31-23-33(61-7)17-18-35(31)49-36/h8,17-18,23-24,30,32,34,37,40,49H,1,9-16,19-22,25-29H2,2-7H3,(H,50,56)(H,51,58)/t32-,34-,37+,40+,46-,48-/m1/s1. The molecule has 1 aromatic heterocycles. The number of benzene rings is 1. The number of hydrogen-bond acceptors (Lipinski definition) is 8. The molecule has 0 unspecified atom stereocenters. The molecule has 14 heteroatoms. The number of rotatable bonds is 15. The third-order valence-corrected chi connectivity index (χ3v) is 18.5. The Morgan fingerprint density at radius 3 is 2.24 bits per heavy atom. The van der Waals surface area contributed by atoms with Gasteiger partial charge in [0.05, 0.1) is 24.6 Å². The molecule has 338 valence electrons. The van der Waals surface area contributed by atoms with Crippen molar-refractivity contribution in [2.45, 2.75) is 137 Å². The Kier molecular flexibility index (Phi) is 11.4. The van der Waals surface area contributed by atoms with Gasteiger partial charge in [-0.15, -0.1) is 6.58 Å². The number of hydrogen-bond donors (Lipinski definition) is 3. The van der Waals surface area contributed by atoms with E-state index in [-0.39, 0.29) is 64.3 Å². The summed E-state index contributed by atoms with van der Waals surface area (Å²) in [6, 6.07) is 5.63. The fourth-order valence-electron chi connectivity index (χ4n) is 12.7. The van der Waals surface area contributed by atoms with Gasteiger partial charge in [-0.1, -0.05) is 66.4 Å². The van der Waals surface area contributed by atoms with Crippen molar-refractivity contribution in [1.29, 1.82) is 0 Å². The van der Waals surface area contributed by atoms with Crippen molar-refractivity contribution in [3.63, 3.8) is 0 Å². The Morgan fingerprint density at radius 2 is 1.66 bits per heavy atom. The van der Waals surface area contributed by atoms with E-state index < -0.39 is 44.9 Å². The topological polar surface area (TPSA) is 175 Å². The molecular weight excluding hydrogens is 807 g/mol. The number of H-pyrrole nitrogens is 1. The number of carbonyl (C=O) groups is 5. The van der Waals surface area contributed by atoms with Crippen molar-refractivity contribution in [2.75, 3.05) is 26.7 Å². The van der Waals surface area contributed by atoms with Gasteiger partial charge >= 0.3 is 10.2 Å². The molecule has 3 N–H and O–H groups in total. The summed E-state index contributed by atoms with van der Waals surface area (Å²) in [6.07, 6.45) is 11.2. The van der Waals surface area contributed by atoms with Crippen LogP contribution in [0.2, 0.25) is 0 Å². The lowest BCUT2D eigenvalue weighted by Gasteiger charge is -2.37. The second-order valence-corrected chi connectivity index (χ2v) is 23.0. The Labute approximate surface area is 367 Å². The van der Waals surface area contributed by atoms with Gasteiger partial charge in [0.15, 0.2) is 11.6 Å². The number of carbonyl (C=O) groups excluding carboxylic acids is 5. The van der Waals surface area contributed by atoms with E-state index in [1.54, 1.807) is 24.2 Å². The maximum absolute atomic E-state index is 15.4. The highest BCUT2D eigenvalue weighted by molar-refractivity contribution is 7.87. The van der Waals surface area contributed by atoms with Crippen LogP contribution < -0.4 is 14.8 Å². The lowest BCUT2D eigenvalue weighted by atomic mass is 9.73. The lowest BCUT2D eigenvalue weighted by molar-refractivity contribution is -0.146.